The summed E-state index contributed by atoms with van der Waals surface area (Å²) in [6.45, 7) is 13.0. The van der Waals surface area contributed by atoms with Crippen molar-refractivity contribution in [1.82, 2.24) is 24.8 Å². The zero-order valence-corrected chi connectivity index (χ0v) is 28.4. The molecule has 0 bridgehead atoms. The fraction of sp³-hybridized carbons (Fsp3) is 0.568. The Morgan fingerprint density at radius 1 is 1.00 bits per heavy atom. The predicted octanol–water partition coefficient (Wildman–Crippen LogP) is 7.03. The number of aromatic nitrogens is 3. The quantitative estimate of drug-likeness (QED) is 0.252. The highest BCUT2D eigenvalue weighted by Crippen LogP contribution is 2.45. The molecule has 3 fully saturated rings. The van der Waals surface area contributed by atoms with Crippen LogP contribution in [-0.4, -0.2) is 81.5 Å². The van der Waals surface area contributed by atoms with E-state index in [9.17, 15) is 9.18 Å². The Hall–Kier alpha value is -3.79. The van der Waals surface area contributed by atoms with E-state index in [1.54, 1.807) is 11.1 Å². The third-order valence-corrected chi connectivity index (χ3v) is 10.5. The summed E-state index contributed by atoms with van der Waals surface area (Å²) in [6.07, 6.45) is 13.7. The van der Waals surface area contributed by atoms with Gasteiger partial charge >= 0.3 is 0 Å². The van der Waals surface area contributed by atoms with E-state index in [2.05, 4.69) is 36.1 Å². The number of halogens is 1. The minimum absolute atomic E-state index is 0.0452. The van der Waals surface area contributed by atoms with Crippen LogP contribution in [0.15, 0.2) is 55.1 Å². The van der Waals surface area contributed by atoms with Crippen molar-refractivity contribution in [3.05, 3.63) is 66.5 Å². The summed E-state index contributed by atoms with van der Waals surface area (Å²) < 4.78 is 20.7. The number of rotatable bonds is 10. The van der Waals surface area contributed by atoms with E-state index < -0.39 is 5.82 Å². The molecule has 47 heavy (non-hydrogen) atoms. The summed E-state index contributed by atoms with van der Waals surface area (Å²) in [6, 6.07) is 10.6. The molecule has 1 saturated carbocycles. The zero-order chi connectivity index (χ0) is 33.0. The van der Waals surface area contributed by atoms with Gasteiger partial charge in [0.1, 0.15) is 23.7 Å². The first-order valence-corrected chi connectivity index (χ1v) is 17.4. The average Bonchev–Trinajstić information content (AvgIpc) is 3.53. The van der Waals surface area contributed by atoms with Crippen LogP contribution in [0, 0.1) is 17.2 Å². The van der Waals surface area contributed by atoms with Gasteiger partial charge in [0.25, 0.3) is 5.91 Å². The van der Waals surface area contributed by atoms with Crippen LogP contribution in [-0.2, 0) is 0 Å². The highest BCUT2D eigenvalue weighted by Gasteiger charge is 2.39. The average molecular weight is 644 g/mol. The first-order chi connectivity index (χ1) is 22.7. The largest absolute Gasteiger partial charge is 0.451 e. The van der Waals surface area contributed by atoms with Gasteiger partial charge in [-0.1, -0.05) is 6.07 Å². The van der Waals surface area contributed by atoms with Gasteiger partial charge < -0.3 is 24.8 Å². The summed E-state index contributed by atoms with van der Waals surface area (Å²) in [4.78, 5) is 33.5. The maximum Gasteiger partial charge on any atom is 0.258 e. The van der Waals surface area contributed by atoms with E-state index in [-0.39, 0.29) is 23.6 Å². The molecule has 1 aliphatic carbocycles. The number of pyridine rings is 1. The Kier molecular flexibility index (Phi) is 10.2. The molecule has 6 rings (SSSR count). The molecule has 1 amide bonds. The van der Waals surface area contributed by atoms with Crippen molar-refractivity contribution in [2.45, 2.75) is 90.8 Å². The number of anilines is 2. The summed E-state index contributed by atoms with van der Waals surface area (Å²) in [5, 5.41) is 3.64. The second-order valence-electron chi connectivity index (χ2n) is 14.4. The van der Waals surface area contributed by atoms with Crippen molar-refractivity contribution < 1.29 is 13.9 Å². The number of nitrogens with zero attached hydrogens (tertiary/aromatic N) is 6. The van der Waals surface area contributed by atoms with Crippen molar-refractivity contribution in [2.75, 3.05) is 42.9 Å². The fourth-order valence-corrected chi connectivity index (χ4v) is 7.98. The van der Waals surface area contributed by atoms with E-state index in [0.717, 1.165) is 31.9 Å². The number of carbonyl (C=O) groups is 1. The Morgan fingerprint density at radius 3 is 2.47 bits per heavy atom. The van der Waals surface area contributed by atoms with Crippen LogP contribution in [0.25, 0.3) is 0 Å². The van der Waals surface area contributed by atoms with Gasteiger partial charge in [0.05, 0.1) is 11.8 Å². The summed E-state index contributed by atoms with van der Waals surface area (Å²) >= 11 is 0. The van der Waals surface area contributed by atoms with Crippen LogP contribution in [0.1, 0.15) is 83.0 Å². The van der Waals surface area contributed by atoms with Gasteiger partial charge in [-0.25, -0.2) is 19.3 Å². The summed E-state index contributed by atoms with van der Waals surface area (Å²) in [5.41, 5.74) is 0.692. The van der Waals surface area contributed by atoms with Gasteiger partial charge in [-0.3, -0.25) is 4.79 Å². The highest BCUT2D eigenvalue weighted by molar-refractivity contribution is 5.97. The molecule has 1 spiro atoms. The zero-order valence-electron chi connectivity index (χ0n) is 28.4. The molecule has 1 aromatic carbocycles. The Balaban J connectivity index is 1.04. The number of benzene rings is 1. The van der Waals surface area contributed by atoms with Crippen molar-refractivity contribution in [1.29, 1.82) is 0 Å². The van der Waals surface area contributed by atoms with Gasteiger partial charge in [0, 0.05) is 44.0 Å². The molecule has 4 heterocycles. The van der Waals surface area contributed by atoms with E-state index in [1.165, 1.54) is 76.1 Å². The summed E-state index contributed by atoms with van der Waals surface area (Å²) in [7, 11) is 0. The third kappa shape index (κ3) is 7.86. The molecule has 0 radical (unpaired) electrons. The third-order valence-electron chi connectivity index (χ3n) is 10.5. The van der Waals surface area contributed by atoms with Crippen LogP contribution in [0.3, 0.4) is 0 Å². The molecule has 0 unspecified atom stereocenters. The van der Waals surface area contributed by atoms with Gasteiger partial charge in [0.2, 0.25) is 0 Å². The lowest BCUT2D eigenvalue weighted by atomic mass is 9.67. The van der Waals surface area contributed by atoms with Gasteiger partial charge in [-0.05, 0) is 127 Å². The molecule has 252 valence electrons. The SMILES string of the molecule is CC(C)N(C(=O)c1cc(F)ccc1Oc1cncnc1N1CC[C@@H](CN2CCC3(CCC(Nc4ccccn4)CC3)CC2)C1)C(C)C. The fourth-order valence-electron chi connectivity index (χ4n) is 7.98. The monoisotopic (exact) mass is 643 g/mol. The molecule has 10 heteroatoms. The van der Waals surface area contributed by atoms with Crippen molar-refractivity contribution in [3.8, 4) is 11.5 Å². The molecule has 2 saturated heterocycles. The molecule has 3 aliphatic rings. The standard InChI is InChI=1S/C37H50FN7O2/c1-26(2)45(27(3)4)36(46)31-21-29(38)8-9-32(31)47-33-22-39-25-41-35(33)44-18-12-28(24-44)23-43-19-15-37(16-20-43)13-10-30(11-14-37)42-34-7-5-6-17-40-34/h5-9,17,21-22,25-28,30H,10-16,18-20,23-24H2,1-4H3,(H,40,42)/t28-/m0/s1. The lowest BCUT2D eigenvalue weighted by molar-refractivity contribution is 0.0584. The minimum Gasteiger partial charge on any atom is -0.451 e. The Morgan fingerprint density at radius 2 is 1.77 bits per heavy atom. The number of ether oxygens (including phenoxy) is 1. The van der Waals surface area contributed by atoms with Gasteiger partial charge in [-0.2, -0.15) is 0 Å². The van der Waals surface area contributed by atoms with Gasteiger partial charge in [0.15, 0.2) is 11.6 Å². The molecular weight excluding hydrogens is 593 g/mol. The van der Waals surface area contributed by atoms with E-state index in [4.69, 9.17) is 4.74 Å². The number of hydrogen-bond acceptors (Lipinski definition) is 8. The molecule has 2 aliphatic heterocycles. The van der Waals surface area contributed by atoms with Crippen molar-refractivity contribution >= 4 is 17.5 Å². The first kappa shape index (κ1) is 33.1. The maximum absolute atomic E-state index is 14.4. The molecule has 2 aromatic heterocycles. The van der Waals surface area contributed by atoms with Crippen LogP contribution >= 0.6 is 0 Å². The molecule has 3 aromatic rings. The maximum atomic E-state index is 14.4. The number of nitrogens with one attached hydrogen (secondary N) is 1. The van der Waals surface area contributed by atoms with Crippen LogP contribution in [0.5, 0.6) is 11.5 Å². The first-order valence-electron chi connectivity index (χ1n) is 17.4. The van der Waals surface area contributed by atoms with Crippen LogP contribution in [0.4, 0.5) is 16.0 Å². The minimum atomic E-state index is -0.478. The van der Waals surface area contributed by atoms with Crippen LogP contribution in [0.2, 0.25) is 0 Å². The lowest BCUT2D eigenvalue weighted by Crippen LogP contribution is -2.45. The Labute approximate surface area is 278 Å². The van der Waals surface area contributed by atoms with E-state index in [1.807, 2.05) is 46.0 Å². The second-order valence-corrected chi connectivity index (χ2v) is 14.4. The smallest absolute Gasteiger partial charge is 0.258 e. The molecule has 1 N–H and O–H groups in total. The van der Waals surface area contributed by atoms with E-state index >= 15 is 0 Å². The topological polar surface area (TPSA) is 86.7 Å². The van der Waals surface area contributed by atoms with Crippen LogP contribution < -0.4 is 15.0 Å². The van der Waals surface area contributed by atoms with Gasteiger partial charge in [-0.15, -0.1) is 0 Å². The molecule has 9 nitrogen and oxygen atoms in total. The Bertz CT molecular complexity index is 1480. The van der Waals surface area contributed by atoms with E-state index in [0.29, 0.717) is 34.7 Å². The van der Waals surface area contributed by atoms with Crippen molar-refractivity contribution in [2.24, 2.45) is 11.3 Å². The highest BCUT2D eigenvalue weighted by atomic mass is 19.1. The lowest BCUT2D eigenvalue weighted by Gasteiger charge is -2.46. The number of piperidine rings is 1. The number of amides is 1. The number of carbonyl (C=O) groups excluding carboxylic acids is 1. The predicted molar refractivity (Wildman–Crippen MR) is 183 cm³/mol. The molecule has 1 atom stereocenters. The summed E-state index contributed by atoms with van der Waals surface area (Å²) in [5.74, 6) is 2.28. The van der Waals surface area contributed by atoms with Crippen molar-refractivity contribution in [3.63, 3.8) is 0 Å². The normalized spacial score (nSPS) is 20.2. The number of hydrogen-bond donors (Lipinski definition) is 1. The number of likely N-dealkylation sites (tertiary alicyclic amines) is 1. The second kappa shape index (κ2) is 14.5. The molecular formula is C37H50FN7O2.